The Labute approximate surface area is 174 Å². The van der Waals surface area contributed by atoms with E-state index >= 15 is 0 Å². The number of benzene rings is 3. The molecule has 1 aromatic heterocycles. The molecule has 3 aromatic carbocycles. The van der Waals surface area contributed by atoms with Crippen LogP contribution >= 0.6 is 0 Å². The van der Waals surface area contributed by atoms with E-state index in [9.17, 15) is 9.18 Å². The third-order valence-corrected chi connectivity index (χ3v) is 4.75. The maximum Gasteiger partial charge on any atom is 0.295 e. The second-order valence-electron chi connectivity index (χ2n) is 7.29. The van der Waals surface area contributed by atoms with Gasteiger partial charge >= 0.3 is 0 Å². The van der Waals surface area contributed by atoms with Gasteiger partial charge in [-0.05, 0) is 56.7 Å². The van der Waals surface area contributed by atoms with Crippen LogP contribution in [0.5, 0.6) is 0 Å². The summed E-state index contributed by atoms with van der Waals surface area (Å²) in [5, 5.41) is 7.16. The molecule has 0 bridgehead atoms. The van der Waals surface area contributed by atoms with Crippen molar-refractivity contribution in [2.24, 2.45) is 0 Å². The lowest BCUT2D eigenvalue weighted by Crippen LogP contribution is -2.14. The number of amides is 1. The van der Waals surface area contributed by atoms with Gasteiger partial charge in [0.05, 0.1) is 5.69 Å². The minimum Gasteiger partial charge on any atom is -0.319 e. The van der Waals surface area contributed by atoms with Gasteiger partial charge in [-0.1, -0.05) is 47.5 Å². The fraction of sp³-hybridized carbons (Fsp3) is 0.125. The van der Waals surface area contributed by atoms with Gasteiger partial charge in [-0.15, -0.1) is 5.10 Å². The van der Waals surface area contributed by atoms with Crippen molar-refractivity contribution in [2.75, 3.05) is 5.32 Å². The Kier molecular flexibility index (Phi) is 5.14. The van der Waals surface area contributed by atoms with E-state index in [-0.39, 0.29) is 5.82 Å². The predicted molar refractivity (Wildman–Crippen MR) is 115 cm³/mol. The molecule has 0 fully saturated rings. The maximum absolute atomic E-state index is 13.5. The molecule has 4 aromatic rings. The molecule has 0 radical (unpaired) electrons. The van der Waals surface area contributed by atoms with Crippen LogP contribution in [0.1, 0.15) is 27.3 Å². The van der Waals surface area contributed by atoms with Gasteiger partial charge in [-0.3, -0.25) is 4.79 Å². The molecule has 6 heteroatoms. The quantitative estimate of drug-likeness (QED) is 0.509. The summed E-state index contributed by atoms with van der Waals surface area (Å²) in [7, 11) is 0. The van der Waals surface area contributed by atoms with Crippen molar-refractivity contribution < 1.29 is 9.18 Å². The second kappa shape index (κ2) is 7.91. The molecule has 0 saturated carbocycles. The zero-order valence-corrected chi connectivity index (χ0v) is 17.0. The fourth-order valence-corrected chi connectivity index (χ4v) is 3.34. The van der Waals surface area contributed by atoms with E-state index in [0.29, 0.717) is 11.5 Å². The third kappa shape index (κ3) is 3.98. The van der Waals surface area contributed by atoms with Gasteiger partial charge in [-0.2, -0.15) is 0 Å². The number of hydrogen-bond donors (Lipinski definition) is 1. The van der Waals surface area contributed by atoms with Crippen molar-refractivity contribution >= 4 is 11.6 Å². The highest BCUT2D eigenvalue weighted by atomic mass is 19.1. The Morgan fingerprint density at radius 3 is 2.43 bits per heavy atom. The molecule has 0 unspecified atom stereocenters. The molecule has 1 N–H and O–H groups in total. The van der Waals surface area contributed by atoms with Gasteiger partial charge in [-0.25, -0.2) is 14.1 Å². The summed E-state index contributed by atoms with van der Waals surface area (Å²) < 4.78 is 15.1. The van der Waals surface area contributed by atoms with E-state index in [0.717, 1.165) is 27.9 Å². The average Bonchev–Trinajstić information content (AvgIpc) is 3.13. The first-order valence-electron chi connectivity index (χ1n) is 9.59. The van der Waals surface area contributed by atoms with Crippen LogP contribution < -0.4 is 5.32 Å². The van der Waals surface area contributed by atoms with E-state index in [1.54, 1.807) is 10.7 Å². The van der Waals surface area contributed by atoms with Gasteiger partial charge in [0.25, 0.3) is 5.91 Å². The molecular weight excluding hydrogens is 379 g/mol. The highest BCUT2D eigenvalue weighted by molar-refractivity contribution is 6.01. The third-order valence-electron chi connectivity index (χ3n) is 4.75. The van der Waals surface area contributed by atoms with Gasteiger partial charge < -0.3 is 5.32 Å². The Bertz CT molecular complexity index is 1250. The molecule has 0 atom stereocenters. The lowest BCUT2D eigenvalue weighted by molar-refractivity contribution is 0.101. The summed E-state index contributed by atoms with van der Waals surface area (Å²) in [5.74, 6) is -0.356. The summed E-state index contributed by atoms with van der Waals surface area (Å²) in [5.41, 5.74) is 5.28. The van der Waals surface area contributed by atoms with E-state index in [1.165, 1.54) is 18.2 Å². The second-order valence-corrected chi connectivity index (χ2v) is 7.29. The molecule has 0 aliphatic heterocycles. The Morgan fingerprint density at radius 2 is 1.70 bits per heavy atom. The molecule has 4 rings (SSSR count). The summed E-state index contributed by atoms with van der Waals surface area (Å²) in [4.78, 5) is 17.3. The Hall–Kier alpha value is -3.80. The average molecular weight is 400 g/mol. The van der Waals surface area contributed by atoms with Crippen molar-refractivity contribution in [1.82, 2.24) is 14.8 Å². The van der Waals surface area contributed by atoms with Crippen LogP contribution in [0.4, 0.5) is 10.1 Å². The smallest absolute Gasteiger partial charge is 0.295 e. The molecule has 30 heavy (non-hydrogen) atoms. The zero-order chi connectivity index (χ0) is 21.3. The number of carbonyl (C=O) groups excluding carboxylic acids is 1. The van der Waals surface area contributed by atoms with Gasteiger partial charge in [0.15, 0.2) is 5.82 Å². The number of halogens is 1. The van der Waals surface area contributed by atoms with Gasteiger partial charge in [0.1, 0.15) is 5.82 Å². The lowest BCUT2D eigenvalue weighted by atomic mass is 10.1. The highest BCUT2D eigenvalue weighted by Gasteiger charge is 2.20. The summed E-state index contributed by atoms with van der Waals surface area (Å²) in [6.07, 6.45) is 0. The zero-order valence-electron chi connectivity index (χ0n) is 17.0. The first kappa shape index (κ1) is 19.5. The lowest BCUT2D eigenvalue weighted by Gasteiger charge is -2.10. The van der Waals surface area contributed by atoms with Crippen molar-refractivity contribution in [3.05, 3.63) is 95.1 Å². The molecule has 0 spiro atoms. The van der Waals surface area contributed by atoms with Crippen LogP contribution in [0.3, 0.4) is 0 Å². The molecular formula is C24H21FN4O. The molecule has 0 aliphatic rings. The molecule has 0 saturated heterocycles. The number of nitrogens with one attached hydrogen (secondary N) is 1. The van der Waals surface area contributed by atoms with E-state index in [4.69, 9.17) is 0 Å². The monoisotopic (exact) mass is 400 g/mol. The van der Waals surface area contributed by atoms with E-state index < -0.39 is 11.7 Å². The highest BCUT2D eigenvalue weighted by Crippen LogP contribution is 2.25. The van der Waals surface area contributed by atoms with Crippen LogP contribution in [0.2, 0.25) is 0 Å². The van der Waals surface area contributed by atoms with Gasteiger partial charge in [0.2, 0.25) is 5.82 Å². The number of anilines is 1. The first-order chi connectivity index (χ1) is 14.4. The van der Waals surface area contributed by atoms with Crippen LogP contribution in [-0.2, 0) is 0 Å². The number of nitrogens with zero attached hydrogens (tertiary/aromatic N) is 3. The fourth-order valence-electron chi connectivity index (χ4n) is 3.34. The maximum atomic E-state index is 13.5. The summed E-state index contributed by atoms with van der Waals surface area (Å²) >= 11 is 0. The number of hydrogen-bond acceptors (Lipinski definition) is 3. The Balaban J connectivity index is 1.80. The topological polar surface area (TPSA) is 59.8 Å². The minimum atomic E-state index is -0.502. The van der Waals surface area contributed by atoms with E-state index in [2.05, 4.69) is 21.5 Å². The first-order valence-corrected chi connectivity index (χ1v) is 9.59. The molecule has 0 aliphatic carbocycles. The molecule has 1 heterocycles. The van der Waals surface area contributed by atoms with Crippen molar-refractivity contribution in [3.8, 4) is 17.1 Å². The molecule has 5 nitrogen and oxygen atoms in total. The van der Waals surface area contributed by atoms with Crippen molar-refractivity contribution in [3.63, 3.8) is 0 Å². The summed E-state index contributed by atoms with van der Waals surface area (Å²) in [6.45, 7) is 6.02. The van der Waals surface area contributed by atoms with Crippen LogP contribution in [0.15, 0.2) is 66.7 Å². The minimum absolute atomic E-state index is 0.00995. The predicted octanol–water partition coefficient (Wildman–Crippen LogP) is 5.25. The number of carbonyl (C=O) groups is 1. The largest absolute Gasteiger partial charge is 0.319 e. The number of aryl methyl sites for hydroxylation is 3. The summed E-state index contributed by atoms with van der Waals surface area (Å²) in [6, 6.07) is 19.6. The standard InChI is InChI=1S/C24H21FN4O/c1-15-6-4-7-18(13-15)23-27-22(24(30)26-20-9-5-8-19(25)14-20)28-29(23)21-11-10-16(2)12-17(21)3/h4-14H,1-3H3,(H,26,30). The van der Waals surface area contributed by atoms with Gasteiger partial charge in [0, 0.05) is 11.3 Å². The normalized spacial score (nSPS) is 10.8. The molecule has 1 amide bonds. The number of aromatic nitrogens is 3. The SMILES string of the molecule is Cc1cccc(-c2nc(C(=O)Nc3cccc(F)c3)nn2-c2ccc(C)cc2C)c1. The Morgan fingerprint density at radius 1 is 0.933 bits per heavy atom. The van der Waals surface area contributed by atoms with Crippen LogP contribution in [-0.4, -0.2) is 20.7 Å². The van der Waals surface area contributed by atoms with Crippen molar-refractivity contribution in [1.29, 1.82) is 0 Å². The van der Waals surface area contributed by atoms with Crippen molar-refractivity contribution in [2.45, 2.75) is 20.8 Å². The van der Waals surface area contributed by atoms with Crippen LogP contribution in [0.25, 0.3) is 17.1 Å². The van der Waals surface area contributed by atoms with E-state index in [1.807, 2.05) is 57.2 Å². The van der Waals surface area contributed by atoms with Crippen LogP contribution in [0, 0.1) is 26.6 Å². The number of rotatable bonds is 4. The molecule has 150 valence electrons.